The molecule has 88 valence electrons. The minimum Gasteiger partial charge on any atom is -0.382 e. The molecule has 0 unspecified atom stereocenters. The van der Waals surface area contributed by atoms with Gasteiger partial charge in [-0.15, -0.1) is 0 Å². The maximum atomic E-state index is 11.9. The van der Waals surface area contributed by atoms with Gasteiger partial charge in [-0.2, -0.15) is 0 Å². The molecule has 0 atom stereocenters. The smallest absolute Gasteiger partial charge is 0.242 e. The van der Waals surface area contributed by atoms with E-state index in [-0.39, 0.29) is 0 Å². The van der Waals surface area contributed by atoms with Crippen molar-refractivity contribution < 1.29 is 8.42 Å². The maximum absolute atomic E-state index is 11.9. The summed E-state index contributed by atoms with van der Waals surface area (Å²) in [5, 5.41) is 3.28. The highest BCUT2D eigenvalue weighted by Crippen LogP contribution is 2.26. The van der Waals surface area contributed by atoms with Crippen LogP contribution in [-0.2, 0) is 10.0 Å². The van der Waals surface area contributed by atoms with Gasteiger partial charge in [-0.3, -0.25) is 0 Å². The summed E-state index contributed by atoms with van der Waals surface area (Å²) in [6.07, 6.45) is 2.34. The van der Waals surface area contributed by atoms with E-state index < -0.39 is 10.0 Å². The first-order valence-electron chi connectivity index (χ1n) is 5.29. The van der Waals surface area contributed by atoms with Gasteiger partial charge in [0.2, 0.25) is 10.0 Å². The normalized spacial score (nSPS) is 16.4. The van der Waals surface area contributed by atoms with Gasteiger partial charge in [-0.05, 0) is 31.0 Å². The Kier molecular flexibility index (Phi) is 2.90. The van der Waals surface area contributed by atoms with E-state index >= 15 is 0 Å². The van der Waals surface area contributed by atoms with Crippen LogP contribution in [0.5, 0.6) is 0 Å². The second-order valence-electron chi connectivity index (χ2n) is 4.23. The van der Waals surface area contributed by atoms with Crippen LogP contribution in [0.15, 0.2) is 29.2 Å². The number of sulfonamides is 1. The van der Waals surface area contributed by atoms with Crippen LogP contribution in [0, 0.1) is 0 Å². The number of nitrogens with zero attached hydrogens (tertiary/aromatic N) is 1. The van der Waals surface area contributed by atoms with Crippen LogP contribution in [0.1, 0.15) is 12.8 Å². The number of hydrogen-bond acceptors (Lipinski definition) is 3. The molecule has 0 radical (unpaired) electrons. The Labute approximate surface area is 96.3 Å². The number of hydrogen-bond donors (Lipinski definition) is 1. The van der Waals surface area contributed by atoms with Crippen molar-refractivity contribution in [3.63, 3.8) is 0 Å². The van der Waals surface area contributed by atoms with Crippen molar-refractivity contribution in [1.82, 2.24) is 4.31 Å². The van der Waals surface area contributed by atoms with Crippen molar-refractivity contribution in [1.29, 1.82) is 0 Å². The summed E-state index contributed by atoms with van der Waals surface area (Å²) >= 11 is 0. The highest BCUT2D eigenvalue weighted by atomic mass is 32.2. The lowest BCUT2D eigenvalue weighted by molar-refractivity contribution is 0.521. The highest BCUT2D eigenvalue weighted by Gasteiger charge is 2.22. The molecule has 1 N–H and O–H groups in total. The van der Waals surface area contributed by atoms with E-state index in [0.717, 1.165) is 5.69 Å². The van der Waals surface area contributed by atoms with E-state index in [1.54, 1.807) is 18.2 Å². The first kappa shape index (κ1) is 11.4. The number of rotatable bonds is 4. The highest BCUT2D eigenvalue weighted by molar-refractivity contribution is 7.89. The quantitative estimate of drug-likeness (QED) is 0.868. The van der Waals surface area contributed by atoms with Gasteiger partial charge in [-0.1, -0.05) is 6.07 Å². The predicted molar refractivity (Wildman–Crippen MR) is 64.0 cm³/mol. The van der Waals surface area contributed by atoms with Crippen LogP contribution >= 0.6 is 0 Å². The molecular formula is C11H16N2O2S. The predicted octanol–water partition coefficient (Wildman–Crippen LogP) is 1.51. The van der Waals surface area contributed by atoms with Crippen molar-refractivity contribution in [2.75, 3.05) is 19.4 Å². The standard InChI is InChI=1S/C11H16N2O2S/c1-13(2)16(14,15)11-5-3-4-10(8-11)12-9-6-7-9/h3-5,8-9,12H,6-7H2,1-2H3. The molecule has 5 heteroatoms. The lowest BCUT2D eigenvalue weighted by atomic mass is 10.3. The number of benzene rings is 1. The summed E-state index contributed by atoms with van der Waals surface area (Å²) in [6.45, 7) is 0. The van der Waals surface area contributed by atoms with Crippen molar-refractivity contribution >= 4 is 15.7 Å². The molecule has 0 aliphatic heterocycles. The second-order valence-corrected chi connectivity index (χ2v) is 6.39. The molecule has 1 aliphatic carbocycles. The minimum absolute atomic E-state index is 0.336. The zero-order chi connectivity index (χ0) is 11.8. The molecule has 1 aromatic carbocycles. The zero-order valence-electron chi connectivity index (χ0n) is 9.47. The lowest BCUT2D eigenvalue weighted by Crippen LogP contribution is -2.22. The average Bonchev–Trinajstić information content (AvgIpc) is 3.02. The van der Waals surface area contributed by atoms with E-state index in [4.69, 9.17) is 0 Å². The van der Waals surface area contributed by atoms with E-state index in [1.165, 1.54) is 31.2 Å². The molecule has 1 aliphatic rings. The number of anilines is 1. The zero-order valence-corrected chi connectivity index (χ0v) is 10.3. The molecule has 0 saturated heterocycles. The van der Waals surface area contributed by atoms with Gasteiger partial charge in [0.1, 0.15) is 0 Å². The molecule has 1 fully saturated rings. The summed E-state index contributed by atoms with van der Waals surface area (Å²) in [4.78, 5) is 0.336. The summed E-state index contributed by atoms with van der Waals surface area (Å²) in [6, 6.07) is 7.49. The van der Waals surface area contributed by atoms with Crippen molar-refractivity contribution in [3.8, 4) is 0 Å². The average molecular weight is 240 g/mol. The fraction of sp³-hybridized carbons (Fsp3) is 0.455. The third-order valence-corrected chi connectivity index (χ3v) is 4.37. The molecule has 16 heavy (non-hydrogen) atoms. The van der Waals surface area contributed by atoms with Crippen LogP contribution < -0.4 is 5.32 Å². The first-order valence-corrected chi connectivity index (χ1v) is 6.73. The van der Waals surface area contributed by atoms with Crippen LogP contribution in [0.3, 0.4) is 0 Å². The van der Waals surface area contributed by atoms with E-state index in [2.05, 4.69) is 5.32 Å². The van der Waals surface area contributed by atoms with E-state index in [0.29, 0.717) is 10.9 Å². The summed E-state index contributed by atoms with van der Waals surface area (Å²) in [5.41, 5.74) is 0.880. The summed E-state index contributed by atoms with van der Waals surface area (Å²) in [7, 11) is -0.245. The largest absolute Gasteiger partial charge is 0.382 e. The van der Waals surface area contributed by atoms with Crippen molar-refractivity contribution in [2.45, 2.75) is 23.8 Å². The Morgan fingerprint density at radius 3 is 2.56 bits per heavy atom. The van der Waals surface area contributed by atoms with E-state index in [9.17, 15) is 8.42 Å². The van der Waals surface area contributed by atoms with Crippen molar-refractivity contribution in [2.24, 2.45) is 0 Å². The van der Waals surface area contributed by atoms with Crippen LogP contribution in [0.25, 0.3) is 0 Å². The molecule has 1 saturated carbocycles. The van der Waals surface area contributed by atoms with Gasteiger partial charge in [0, 0.05) is 25.8 Å². The summed E-state index contributed by atoms with van der Waals surface area (Å²) in [5.74, 6) is 0. The van der Waals surface area contributed by atoms with Crippen LogP contribution in [-0.4, -0.2) is 32.9 Å². The Morgan fingerprint density at radius 2 is 2.00 bits per heavy atom. The van der Waals surface area contributed by atoms with Gasteiger partial charge in [-0.25, -0.2) is 12.7 Å². The third kappa shape index (κ3) is 2.36. The van der Waals surface area contributed by atoms with Gasteiger partial charge < -0.3 is 5.32 Å². The monoisotopic (exact) mass is 240 g/mol. The summed E-state index contributed by atoms with van der Waals surface area (Å²) < 4.78 is 25.0. The second kappa shape index (κ2) is 4.07. The van der Waals surface area contributed by atoms with Gasteiger partial charge in [0.25, 0.3) is 0 Å². The fourth-order valence-electron chi connectivity index (χ4n) is 1.42. The molecule has 0 bridgehead atoms. The van der Waals surface area contributed by atoms with Gasteiger partial charge in [0.05, 0.1) is 4.90 Å². The van der Waals surface area contributed by atoms with Crippen molar-refractivity contribution in [3.05, 3.63) is 24.3 Å². The molecule has 2 rings (SSSR count). The van der Waals surface area contributed by atoms with E-state index in [1.807, 2.05) is 6.07 Å². The van der Waals surface area contributed by atoms with Gasteiger partial charge in [0.15, 0.2) is 0 Å². The Balaban J connectivity index is 2.27. The first-order chi connectivity index (χ1) is 7.50. The molecule has 4 nitrogen and oxygen atoms in total. The fourth-order valence-corrected chi connectivity index (χ4v) is 2.37. The van der Waals surface area contributed by atoms with Crippen LogP contribution in [0.4, 0.5) is 5.69 Å². The molecule has 0 amide bonds. The molecule has 1 aromatic rings. The lowest BCUT2D eigenvalue weighted by Gasteiger charge is -2.12. The third-order valence-electron chi connectivity index (χ3n) is 2.56. The molecular weight excluding hydrogens is 224 g/mol. The topological polar surface area (TPSA) is 49.4 Å². The number of nitrogens with one attached hydrogen (secondary N) is 1. The Morgan fingerprint density at radius 1 is 1.31 bits per heavy atom. The molecule has 0 spiro atoms. The molecule has 0 aromatic heterocycles. The Hall–Kier alpha value is -1.07. The minimum atomic E-state index is -3.32. The maximum Gasteiger partial charge on any atom is 0.242 e. The molecule has 0 heterocycles. The SMILES string of the molecule is CN(C)S(=O)(=O)c1cccc(NC2CC2)c1. The van der Waals surface area contributed by atoms with Gasteiger partial charge >= 0.3 is 0 Å². The Bertz CT molecular complexity index is 479. The van der Waals surface area contributed by atoms with Crippen LogP contribution in [0.2, 0.25) is 0 Å².